The minimum Gasteiger partial charge on any atom is -0.478 e. The van der Waals surface area contributed by atoms with Crippen molar-refractivity contribution in [1.82, 2.24) is 0 Å². The molecule has 1 aromatic rings. The van der Waals surface area contributed by atoms with Gasteiger partial charge in [0, 0.05) is 14.6 Å². The van der Waals surface area contributed by atoms with Gasteiger partial charge in [-0.3, -0.25) is 0 Å². The first kappa shape index (κ1) is 13.6. The normalized spacial score (nSPS) is 12.4. The Morgan fingerprint density at radius 2 is 2.25 bits per heavy atom. The van der Waals surface area contributed by atoms with E-state index < -0.39 is 5.97 Å². The molecular weight excluding hydrogens is 288 g/mol. The van der Waals surface area contributed by atoms with Gasteiger partial charge in [0.2, 0.25) is 0 Å². The van der Waals surface area contributed by atoms with Crippen LogP contribution in [0.5, 0.6) is 0 Å². The van der Waals surface area contributed by atoms with Crippen molar-refractivity contribution in [3.05, 3.63) is 28.2 Å². The number of carbonyl (C=O) groups is 1. The summed E-state index contributed by atoms with van der Waals surface area (Å²) in [4.78, 5) is 11.9. The third kappa shape index (κ3) is 3.83. The van der Waals surface area contributed by atoms with Gasteiger partial charge in [0.25, 0.3) is 0 Å². The second-order valence-electron chi connectivity index (χ2n) is 3.66. The molecule has 1 unspecified atom stereocenters. The molecule has 1 N–H and O–H groups in total. The van der Waals surface area contributed by atoms with E-state index in [1.165, 1.54) is 0 Å². The Kier molecular flexibility index (Phi) is 5.35. The highest BCUT2D eigenvalue weighted by molar-refractivity contribution is 9.10. The lowest BCUT2D eigenvalue weighted by Gasteiger charge is -2.12. The van der Waals surface area contributed by atoms with Crippen LogP contribution in [0.2, 0.25) is 0 Å². The number of carboxylic acid groups (broad SMARTS) is 1. The maximum atomic E-state index is 11.0. The summed E-state index contributed by atoms with van der Waals surface area (Å²) in [6, 6.07) is 5.28. The van der Waals surface area contributed by atoms with Crippen molar-refractivity contribution in [3.63, 3.8) is 0 Å². The maximum absolute atomic E-state index is 11.0. The standard InChI is InChI=1S/C12H15BrO2S/c1-3-4-8(2)16-11-7-9(13)5-6-10(11)12(14)15/h5-8H,3-4H2,1-2H3,(H,14,15). The van der Waals surface area contributed by atoms with Crippen LogP contribution in [0, 0.1) is 0 Å². The summed E-state index contributed by atoms with van der Waals surface area (Å²) in [7, 11) is 0. The number of hydrogen-bond acceptors (Lipinski definition) is 2. The lowest BCUT2D eigenvalue weighted by molar-refractivity contribution is 0.0693. The molecular formula is C12H15BrO2S. The van der Waals surface area contributed by atoms with Crippen molar-refractivity contribution in [1.29, 1.82) is 0 Å². The zero-order valence-corrected chi connectivity index (χ0v) is 11.8. The number of benzene rings is 1. The minimum atomic E-state index is -0.862. The summed E-state index contributed by atoms with van der Waals surface area (Å²) >= 11 is 4.99. The third-order valence-electron chi connectivity index (χ3n) is 2.20. The zero-order valence-electron chi connectivity index (χ0n) is 9.37. The zero-order chi connectivity index (χ0) is 12.1. The summed E-state index contributed by atoms with van der Waals surface area (Å²) in [6.07, 6.45) is 2.21. The highest BCUT2D eigenvalue weighted by Crippen LogP contribution is 2.31. The Labute approximate surface area is 109 Å². The number of halogens is 1. The largest absolute Gasteiger partial charge is 0.478 e. The van der Waals surface area contributed by atoms with Crippen LogP contribution in [0.25, 0.3) is 0 Å². The number of hydrogen-bond donors (Lipinski definition) is 1. The lowest BCUT2D eigenvalue weighted by atomic mass is 10.2. The number of thioether (sulfide) groups is 1. The van der Waals surface area contributed by atoms with Crippen molar-refractivity contribution in [3.8, 4) is 0 Å². The van der Waals surface area contributed by atoms with Crippen LogP contribution in [-0.4, -0.2) is 16.3 Å². The molecule has 1 atom stereocenters. The SMILES string of the molecule is CCCC(C)Sc1cc(Br)ccc1C(=O)O. The van der Waals surface area contributed by atoms with Crippen molar-refractivity contribution >= 4 is 33.7 Å². The second-order valence-corrected chi connectivity index (χ2v) is 6.06. The van der Waals surface area contributed by atoms with E-state index in [9.17, 15) is 4.79 Å². The fourth-order valence-corrected chi connectivity index (χ4v) is 3.23. The van der Waals surface area contributed by atoms with Gasteiger partial charge in [-0.2, -0.15) is 0 Å². The Morgan fingerprint density at radius 1 is 1.56 bits per heavy atom. The quantitative estimate of drug-likeness (QED) is 0.818. The lowest BCUT2D eigenvalue weighted by Crippen LogP contribution is -2.02. The van der Waals surface area contributed by atoms with Gasteiger partial charge in [0.05, 0.1) is 5.56 Å². The molecule has 0 aliphatic heterocycles. The fraction of sp³-hybridized carbons (Fsp3) is 0.417. The summed E-state index contributed by atoms with van der Waals surface area (Å²) in [6.45, 7) is 4.26. The smallest absolute Gasteiger partial charge is 0.336 e. The van der Waals surface area contributed by atoms with Gasteiger partial charge in [-0.05, 0) is 24.6 Å². The Morgan fingerprint density at radius 3 is 2.81 bits per heavy atom. The van der Waals surface area contributed by atoms with Crippen molar-refractivity contribution in [2.75, 3.05) is 0 Å². The number of rotatable bonds is 5. The molecule has 2 nitrogen and oxygen atoms in total. The van der Waals surface area contributed by atoms with E-state index in [1.807, 2.05) is 6.07 Å². The molecule has 0 aliphatic rings. The summed E-state index contributed by atoms with van der Waals surface area (Å²) in [5, 5.41) is 9.51. The molecule has 0 amide bonds. The van der Waals surface area contributed by atoms with Crippen LogP contribution in [0.15, 0.2) is 27.6 Å². The van der Waals surface area contributed by atoms with Crippen molar-refractivity contribution in [2.24, 2.45) is 0 Å². The van der Waals surface area contributed by atoms with Gasteiger partial charge in [-0.1, -0.05) is 36.2 Å². The van der Waals surface area contributed by atoms with Crippen molar-refractivity contribution in [2.45, 2.75) is 36.8 Å². The Bertz CT molecular complexity index is 379. The molecule has 0 spiro atoms. The predicted octanol–water partition coefficient (Wildman–Crippen LogP) is 4.43. The predicted molar refractivity (Wildman–Crippen MR) is 71.3 cm³/mol. The second kappa shape index (κ2) is 6.30. The molecule has 0 radical (unpaired) electrons. The van der Waals surface area contributed by atoms with Crippen LogP contribution < -0.4 is 0 Å². The molecule has 0 bridgehead atoms. The van der Waals surface area contributed by atoms with Gasteiger partial charge in [0.1, 0.15) is 0 Å². The van der Waals surface area contributed by atoms with Gasteiger partial charge in [0.15, 0.2) is 0 Å². The van der Waals surface area contributed by atoms with E-state index in [-0.39, 0.29) is 0 Å². The molecule has 0 heterocycles. The van der Waals surface area contributed by atoms with Gasteiger partial charge in [-0.15, -0.1) is 11.8 Å². The molecule has 0 fully saturated rings. The molecule has 0 saturated carbocycles. The molecule has 4 heteroatoms. The topological polar surface area (TPSA) is 37.3 Å². The first-order chi connectivity index (χ1) is 7.54. The van der Waals surface area contributed by atoms with E-state index in [0.29, 0.717) is 10.8 Å². The highest BCUT2D eigenvalue weighted by Gasteiger charge is 2.13. The van der Waals surface area contributed by atoms with Crippen LogP contribution >= 0.6 is 27.7 Å². The van der Waals surface area contributed by atoms with E-state index in [4.69, 9.17) is 5.11 Å². The third-order valence-corrected chi connectivity index (χ3v) is 3.92. The fourth-order valence-electron chi connectivity index (χ4n) is 1.45. The number of aromatic carboxylic acids is 1. The average Bonchev–Trinajstić information content (AvgIpc) is 2.17. The van der Waals surface area contributed by atoms with Crippen LogP contribution in [0.3, 0.4) is 0 Å². The molecule has 0 aliphatic carbocycles. The average molecular weight is 303 g/mol. The first-order valence-corrected chi connectivity index (χ1v) is 6.91. The van der Waals surface area contributed by atoms with Gasteiger partial charge < -0.3 is 5.11 Å². The molecule has 1 aromatic carbocycles. The van der Waals surface area contributed by atoms with Crippen LogP contribution in [-0.2, 0) is 0 Å². The molecule has 16 heavy (non-hydrogen) atoms. The summed E-state index contributed by atoms with van der Waals surface area (Å²) < 4.78 is 0.920. The molecule has 0 saturated heterocycles. The first-order valence-electron chi connectivity index (χ1n) is 5.24. The van der Waals surface area contributed by atoms with Gasteiger partial charge >= 0.3 is 5.97 Å². The summed E-state index contributed by atoms with van der Waals surface area (Å²) in [5.74, 6) is -0.862. The van der Waals surface area contributed by atoms with E-state index >= 15 is 0 Å². The molecule has 0 aromatic heterocycles. The van der Waals surface area contributed by atoms with E-state index in [1.54, 1.807) is 23.9 Å². The van der Waals surface area contributed by atoms with E-state index in [2.05, 4.69) is 29.8 Å². The number of carboxylic acids is 1. The molecule has 1 rings (SSSR count). The Hall–Kier alpha value is -0.480. The maximum Gasteiger partial charge on any atom is 0.336 e. The minimum absolute atomic E-state index is 0.385. The van der Waals surface area contributed by atoms with Crippen molar-refractivity contribution < 1.29 is 9.90 Å². The molecule has 88 valence electrons. The van der Waals surface area contributed by atoms with E-state index in [0.717, 1.165) is 22.2 Å². The van der Waals surface area contributed by atoms with Crippen LogP contribution in [0.4, 0.5) is 0 Å². The highest BCUT2D eigenvalue weighted by atomic mass is 79.9. The van der Waals surface area contributed by atoms with Crippen LogP contribution in [0.1, 0.15) is 37.0 Å². The van der Waals surface area contributed by atoms with Gasteiger partial charge in [-0.25, -0.2) is 4.79 Å². The summed E-state index contributed by atoms with van der Waals surface area (Å²) in [5.41, 5.74) is 0.385. The Balaban J connectivity index is 2.92. The monoisotopic (exact) mass is 302 g/mol.